The Morgan fingerprint density at radius 2 is 1.79 bits per heavy atom. The summed E-state index contributed by atoms with van der Waals surface area (Å²) in [7, 11) is 0. The standard InChI is InChI=1S/C30H37ClF3N5O4/c1-28(2,3)42-26(40)36-14-18-9-11-38(16-18)25-21(20-10-12-39(17-20)27(41)43-29(4,5)6)15-35-24(37-25)19-7-8-23(31)22(13-19)30(32,33)34/h7-8,10,13,15,18H,9,11-12,14,16-17H2,1-6H3,(H,36,40)/t18-/m0/s1. The molecule has 2 aliphatic rings. The molecule has 0 saturated carbocycles. The fourth-order valence-electron chi connectivity index (χ4n) is 4.81. The van der Waals surface area contributed by atoms with Crippen LogP contribution in [-0.4, -0.2) is 71.0 Å². The van der Waals surface area contributed by atoms with E-state index >= 15 is 0 Å². The first-order valence-corrected chi connectivity index (χ1v) is 14.4. The quantitative estimate of drug-likeness (QED) is 0.391. The van der Waals surface area contributed by atoms with E-state index < -0.39 is 40.2 Å². The molecule has 1 aromatic heterocycles. The molecule has 0 aliphatic carbocycles. The number of carbonyl (C=O) groups excluding carboxylic acids is 2. The normalized spacial score (nSPS) is 17.6. The molecule has 9 nitrogen and oxygen atoms in total. The highest BCUT2D eigenvalue weighted by Gasteiger charge is 2.34. The third-order valence-corrected chi connectivity index (χ3v) is 7.06. The maximum atomic E-state index is 13.6. The Balaban J connectivity index is 1.61. The molecular weight excluding hydrogens is 587 g/mol. The molecule has 1 N–H and O–H groups in total. The van der Waals surface area contributed by atoms with Gasteiger partial charge in [-0.25, -0.2) is 19.6 Å². The minimum absolute atomic E-state index is 0.0852. The number of nitrogens with one attached hydrogen (secondary N) is 1. The third kappa shape index (κ3) is 8.52. The lowest BCUT2D eigenvalue weighted by molar-refractivity contribution is -0.137. The van der Waals surface area contributed by atoms with Gasteiger partial charge in [-0.05, 0) is 77.7 Å². The molecule has 0 spiro atoms. The summed E-state index contributed by atoms with van der Waals surface area (Å²) < 4.78 is 51.6. The smallest absolute Gasteiger partial charge is 0.417 e. The van der Waals surface area contributed by atoms with Crippen LogP contribution < -0.4 is 10.2 Å². The average Bonchev–Trinajstić information content (AvgIpc) is 3.55. The summed E-state index contributed by atoms with van der Waals surface area (Å²) in [6.07, 6.45) is -1.37. The molecule has 1 fully saturated rings. The molecular formula is C30H37ClF3N5O4. The molecule has 1 saturated heterocycles. The highest BCUT2D eigenvalue weighted by atomic mass is 35.5. The number of anilines is 1. The van der Waals surface area contributed by atoms with E-state index in [1.165, 1.54) is 12.1 Å². The molecule has 1 aromatic carbocycles. The summed E-state index contributed by atoms with van der Waals surface area (Å²) in [6.45, 7) is 12.9. The first-order chi connectivity index (χ1) is 19.9. The Bertz CT molecular complexity index is 1400. The van der Waals surface area contributed by atoms with Gasteiger partial charge in [0, 0.05) is 50.0 Å². The second-order valence-electron chi connectivity index (χ2n) is 12.7. The Morgan fingerprint density at radius 1 is 1.09 bits per heavy atom. The predicted molar refractivity (Wildman–Crippen MR) is 158 cm³/mol. The van der Waals surface area contributed by atoms with Crippen LogP contribution in [0.5, 0.6) is 0 Å². The van der Waals surface area contributed by atoms with Crippen LogP contribution in [0.25, 0.3) is 17.0 Å². The number of carbonyl (C=O) groups is 2. The van der Waals surface area contributed by atoms with Gasteiger partial charge in [-0.1, -0.05) is 17.7 Å². The molecule has 2 aliphatic heterocycles. The van der Waals surface area contributed by atoms with E-state index in [0.29, 0.717) is 37.6 Å². The number of benzene rings is 1. The Morgan fingerprint density at radius 3 is 2.44 bits per heavy atom. The molecule has 1 atom stereocenters. The van der Waals surface area contributed by atoms with Gasteiger partial charge in [0.2, 0.25) is 0 Å². The van der Waals surface area contributed by atoms with E-state index in [-0.39, 0.29) is 23.9 Å². The Hall–Kier alpha value is -3.54. The first kappa shape index (κ1) is 32.4. The first-order valence-electron chi connectivity index (χ1n) is 14.0. The van der Waals surface area contributed by atoms with Crippen LogP contribution in [0, 0.1) is 5.92 Å². The van der Waals surface area contributed by atoms with Crippen molar-refractivity contribution in [2.45, 2.75) is 65.3 Å². The van der Waals surface area contributed by atoms with Crippen molar-refractivity contribution in [1.29, 1.82) is 0 Å². The number of alkyl carbamates (subject to hydrolysis) is 1. The van der Waals surface area contributed by atoms with Gasteiger partial charge in [-0.15, -0.1) is 0 Å². The van der Waals surface area contributed by atoms with Crippen LogP contribution in [0.15, 0.2) is 30.5 Å². The van der Waals surface area contributed by atoms with E-state index in [0.717, 1.165) is 18.1 Å². The summed E-state index contributed by atoms with van der Waals surface area (Å²) in [6, 6.07) is 3.58. The predicted octanol–water partition coefficient (Wildman–Crippen LogP) is 6.80. The van der Waals surface area contributed by atoms with Crippen molar-refractivity contribution in [3.05, 3.63) is 46.6 Å². The highest BCUT2D eigenvalue weighted by Crippen LogP contribution is 2.38. The maximum Gasteiger partial charge on any atom is 0.417 e. The number of aromatic nitrogens is 2. The van der Waals surface area contributed by atoms with Gasteiger partial charge >= 0.3 is 18.4 Å². The topological polar surface area (TPSA) is 96.9 Å². The summed E-state index contributed by atoms with van der Waals surface area (Å²) in [5.41, 5.74) is -0.602. The molecule has 0 unspecified atom stereocenters. The van der Waals surface area contributed by atoms with Crippen molar-refractivity contribution in [1.82, 2.24) is 20.2 Å². The van der Waals surface area contributed by atoms with E-state index in [2.05, 4.69) is 10.3 Å². The summed E-state index contributed by atoms with van der Waals surface area (Å²) in [4.78, 5) is 37.6. The van der Waals surface area contributed by atoms with Gasteiger partial charge in [0.15, 0.2) is 5.82 Å². The fourth-order valence-corrected chi connectivity index (χ4v) is 5.04. The molecule has 234 valence electrons. The Labute approximate surface area is 254 Å². The van der Waals surface area contributed by atoms with Gasteiger partial charge in [-0.3, -0.25) is 0 Å². The second-order valence-corrected chi connectivity index (χ2v) is 13.1. The van der Waals surface area contributed by atoms with E-state index in [9.17, 15) is 22.8 Å². The van der Waals surface area contributed by atoms with Crippen molar-refractivity contribution in [3.8, 4) is 11.4 Å². The van der Waals surface area contributed by atoms with Crippen molar-refractivity contribution in [2.75, 3.05) is 37.6 Å². The number of halogens is 4. The number of alkyl halides is 3. The summed E-state index contributed by atoms with van der Waals surface area (Å²) in [5.74, 6) is 0.728. The second kappa shape index (κ2) is 12.2. The zero-order valence-corrected chi connectivity index (χ0v) is 25.9. The van der Waals surface area contributed by atoms with Crippen molar-refractivity contribution >= 4 is 35.2 Å². The molecule has 43 heavy (non-hydrogen) atoms. The number of hydrogen-bond acceptors (Lipinski definition) is 7. The molecule has 0 bridgehead atoms. The zero-order chi connectivity index (χ0) is 31.7. The van der Waals surface area contributed by atoms with Gasteiger partial charge in [-0.2, -0.15) is 13.2 Å². The van der Waals surface area contributed by atoms with Crippen LogP contribution in [0.4, 0.5) is 28.6 Å². The van der Waals surface area contributed by atoms with Crippen molar-refractivity contribution in [3.63, 3.8) is 0 Å². The number of rotatable bonds is 5. The molecule has 3 heterocycles. The SMILES string of the molecule is CC(C)(C)OC(=O)NC[C@@H]1CCN(c2nc(-c3ccc(Cl)c(C(F)(F)F)c3)ncc2C2=CCN(C(=O)OC(C)(C)C)C2)C1. The number of nitrogens with zero attached hydrogens (tertiary/aromatic N) is 4. The van der Waals surface area contributed by atoms with Gasteiger partial charge in [0.25, 0.3) is 0 Å². The highest BCUT2D eigenvalue weighted by molar-refractivity contribution is 6.31. The van der Waals surface area contributed by atoms with Crippen LogP contribution in [0.1, 0.15) is 59.1 Å². The monoisotopic (exact) mass is 623 g/mol. The summed E-state index contributed by atoms with van der Waals surface area (Å²) in [5, 5.41) is 2.40. The molecule has 13 heteroatoms. The minimum atomic E-state index is -4.64. The molecule has 2 aromatic rings. The lowest BCUT2D eigenvalue weighted by atomic mass is 10.1. The maximum absolute atomic E-state index is 13.6. The van der Waals surface area contributed by atoms with Gasteiger partial charge in [0.1, 0.15) is 17.0 Å². The van der Waals surface area contributed by atoms with Crippen LogP contribution in [0.2, 0.25) is 5.02 Å². The number of ether oxygens (including phenoxy) is 2. The lowest BCUT2D eigenvalue weighted by Gasteiger charge is -2.25. The van der Waals surface area contributed by atoms with E-state index in [1.807, 2.05) is 11.0 Å². The van der Waals surface area contributed by atoms with E-state index in [4.69, 9.17) is 26.1 Å². The van der Waals surface area contributed by atoms with E-state index in [1.54, 1.807) is 52.6 Å². The largest absolute Gasteiger partial charge is 0.444 e. The number of amides is 2. The van der Waals surface area contributed by atoms with Crippen molar-refractivity contribution in [2.24, 2.45) is 5.92 Å². The molecule has 4 rings (SSSR count). The van der Waals surface area contributed by atoms with Crippen LogP contribution in [0.3, 0.4) is 0 Å². The zero-order valence-electron chi connectivity index (χ0n) is 25.1. The fraction of sp³-hybridized carbons (Fsp3) is 0.533. The lowest BCUT2D eigenvalue weighted by Crippen LogP contribution is -2.36. The van der Waals surface area contributed by atoms with Crippen LogP contribution >= 0.6 is 11.6 Å². The summed E-state index contributed by atoms with van der Waals surface area (Å²) >= 11 is 5.84. The minimum Gasteiger partial charge on any atom is -0.444 e. The average molecular weight is 624 g/mol. The van der Waals surface area contributed by atoms with Gasteiger partial charge < -0.3 is 24.6 Å². The molecule has 0 radical (unpaired) electrons. The third-order valence-electron chi connectivity index (χ3n) is 6.73. The van der Waals surface area contributed by atoms with Crippen LogP contribution in [-0.2, 0) is 15.7 Å². The number of hydrogen-bond donors (Lipinski definition) is 1. The van der Waals surface area contributed by atoms with Gasteiger partial charge in [0.05, 0.1) is 10.6 Å². The van der Waals surface area contributed by atoms with Crippen molar-refractivity contribution < 1.29 is 32.2 Å². The Kier molecular flexibility index (Phi) is 9.20. The molecule has 2 amide bonds.